The number of aryl methyl sites for hydroxylation is 1. The summed E-state index contributed by atoms with van der Waals surface area (Å²) in [6, 6.07) is 15.7. The van der Waals surface area contributed by atoms with Crippen LogP contribution in [0.1, 0.15) is 27.2 Å². The molecular formula is C29H30N6O5. The van der Waals surface area contributed by atoms with E-state index < -0.39 is 29.4 Å². The van der Waals surface area contributed by atoms with Crippen molar-refractivity contribution in [2.45, 2.75) is 24.9 Å². The fraction of sp³-hybridized carbons (Fsp3) is 0.345. The zero-order valence-corrected chi connectivity index (χ0v) is 22.1. The second-order valence-corrected chi connectivity index (χ2v) is 10.5. The zero-order valence-electron chi connectivity index (χ0n) is 22.1. The van der Waals surface area contributed by atoms with E-state index >= 15 is 0 Å². The van der Waals surface area contributed by atoms with E-state index in [1.54, 1.807) is 17.0 Å². The lowest BCUT2D eigenvalue weighted by Gasteiger charge is -2.31. The van der Waals surface area contributed by atoms with Crippen LogP contribution in [0.25, 0.3) is 10.9 Å². The standard InChI is InChI=1S/C29H30N6O5/c1-18-14-21(22-4-2-3-5-23(22)30-18)15-19-6-8-20(9-7-19)25(36)31-24-16-35(28(39)34-10-12-40-13-11-34)17-29(24)26(37)32-27(38)33-29/h2-9,14,24H,10-13,15-17H2,1H3,(H,31,36)(H2,32,33,37,38). The van der Waals surface area contributed by atoms with E-state index in [2.05, 4.69) is 33.1 Å². The van der Waals surface area contributed by atoms with Crippen molar-refractivity contribution in [1.29, 1.82) is 0 Å². The number of fused-ring (bicyclic) bond motifs is 1. The van der Waals surface area contributed by atoms with Crippen molar-refractivity contribution in [1.82, 2.24) is 30.7 Å². The highest BCUT2D eigenvalue weighted by atomic mass is 16.5. The molecule has 0 radical (unpaired) electrons. The lowest BCUT2D eigenvalue weighted by Crippen LogP contribution is -2.62. The molecule has 6 amide bonds. The van der Waals surface area contributed by atoms with Crippen molar-refractivity contribution in [2.75, 3.05) is 39.4 Å². The topological polar surface area (TPSA) is 133 Å². The maximum atomic E-state index is 13.3. The molecule has 3 saturated heterocycles. The molecule has 6 rings (SSSR count). The molecule has 2 aromatic carbocycles. The monoisotopic (exact) mass is 542 g/mol. The van der Waals surface area contributed by atoms with Gasteiger partial charge in [0, 0.05) is 36.3 Å². The number of carbonyl (C=O) groups is 4. The van der Waals surface area contributed by atoms with Crippen molar-refractivity contribution in [3.8, 4) is 0 Å². The summed E-state index contributed by atoms with van der Waals surface area (Å²) in [5.41, 5.74) is 3.06. The molecular weight excluding hydrogens is 512 g/mol. The van der Waals surface area contributed by atoms with Crippen molar-refractivity contribution in [2.24, 2.45) is 0 Å². The molecule has 2 unspecified atom stereocenters. The van der Waals surface area contributed by atoms with Gasteiger partial charge in [0.1, 0.15) is 0 Å². The van der Waals surface area contributed by atoms with Gasteiger partial charge in [-0.05, 0) is 48.7 Å². The van der Waals surface area contributed by atoms with Gasteiger partial charge < -0.3 is 25.2 Å². The zero-order chi connectivity index (χ0) is 27.9. The molecule has 3 aliphatic rings. The quantitative estimate of drug-likeness (QED) is 0.429. The first-order valence-corrected chi connectivity index (χ1v) is 13.3. The van der Waals surface area contributed by atoms with E-state index in [0.29, 0.717) is 38.3 Å². The van der Waals surface area contributed by atoms with Crippen LogP contribution < -0.4 is 16.0 Å². The second kappa shape index (κ2) is 10.2. The van der Waals surface area contributed by atoms with E-state index in [9.17, 15) is 19.2 Å². The summed E-state index contributed by atoms with van der Waals surface area (Å²) in [5.74, 6) is -0.953. The molecule has 0 saturated carbocycles. The Labute approximate surface area is 230 Å². The van der Waals surface area contributed by atoms with Gasteiger partial charge in [0.05, 0.1) is 31.3 Å². The molecule has 11 heteroatoms. The summed E-state index contributed by atoms with van der Waals surface area (Å²) in [4.78, 5) is 59.2. The van der Waals surface area contributed by atoms with E-state index in [0.717, 1.165) is 27.7 Å². The van der Waals surface area contributed by atoms with Crippen molar-refractivity contribution >= 4 is 34.8 Å². The number of urea groups is 2. The summed E-state index contributed by atoms with van der Waals surface area (Å²) in [7, 11) is 0. The molecule has 3 aromatic rings. The van der Waals surface area contributed by atoms with Crippen LogP contribution in [-0.2, 0) is 16.0 Å². The largest absolute Gasteiger partial charge is 0.378 e. The highest BCUT2D eigenvalue weighted by molar-refractivity contribution is 6.09. The first kappa shape index (κ1) is 25.8. The molecule has 11 nitrogen and oxygen atoms in total. The predicted octanol–water partition coefficient (Wildman–Crippen LogP) is 1.58. The minimum atomic E-state index is -1.44. The van der Waals surface area contributed by atoms with Crippen LogP contribution in [0.4, 0.5) is 9.59 Å². The number of benzene rings is 2. The molecule has 0 bridgehead atoms. The summed E-state index contributed by atoms with van der Waals surface area (Å²) < 4.78 is 5.33. The number of aromatic nitrogens is 1. The first-order valence-electron chi connectivity index (χ1n) is 13.3. The van der Waals surface area contributed by atoms with Crippen LogP contribution in [0.15, 0.2) is 54.6 Å². The van der Waals surface area contributed by atoms with Gasteiger partial charge in [0.25, 0.3) is 11.8 Å². The van der Waals surface area contributed by atoms with Crippen LogP contribution in [-0.4, -0.2) is 89.6 Å². The molecule has 3 aliphatic heterocycles. The number of hydrogen-bond donors (Lipinski definition) is 3. The molecule has 206 valence electrons. The molecule has 0 aliphatic carbocycles. The number of hydrogen-bond acceptors (Lipinski definition) is 6. The second-order valence-electron chi connectivity index (χ2n) is 10.5. The van der Waals surface area contributed by atoms with E-state index in [-0.39, 0.29) is 19.1 Å². The van der Waals surface area contributed by atoms with Gasteiger partial charge in [-0.2, -0.15) is 0 Å². The Kier molecular flexibility index (Phi) is 6.59. The molecule has 1 spiro atoms. The minimum Gasteiger partial charge on any atom is -0.378 e. The Hall–Kier alpha value is -4.51. The maximum Gasteiger partial charge on any atom is 0.322 e. The van der Waals surface area contributed by atoms with Crippen LogP contribution in [0, 0.1) is 6.92 Å². The van der Waals surface area contributed by atoms with Gasteiger partial charge >= 0.3 is 12.1 Å². The highest BCUT2D eigenvalue weighted by Gasteiger charge is 2.59. The number of likely N-dealkylation sites (tertiary alicyclic amines) is 1. The molecule has 2 atom stereocenters. The van der Waals surface area contributed by atoms with Gasteiger partial charge in [0.2, 0.25) is 0 Å². The van der Waals surface area contributed by atoms with Gasteiger partial charge in [-0.15, -0.1) is 0 Å². The lowest BCUT2D eigenvalue weighted by atomic mass is 9.93. The lowest BCUT2D eigenvalue weighted by molar-refractivity contribution is -0.124. The van der Waals surface area contributed by atoms with Crippen LogP contribution in [0.5, 0.6) is 0 Å². The fourth-order valence-corrected chi connectivity index (χ4v) is 5.76. The van der Waals surface area contributed by atoms with Crippen LogP contribution >= 0.6 is 0 Å². The SMILES string of the molecule is Cc1cc(Cc2ccc(C(=O)NC3CN(C(=O)N4CCOCC4)CC34NC(=O)NC4=O)cc2)c2ccccc2n1. The number of rotatable bonds is 4. The fourth-order valence-electron chi connectivity index (χ4n) is 5.76. The summed E-state index contributed by atoms with van der Waals surface area (Å²) in [5, 5.41) is 8.93. The van der Waals surface area contributed by atoms with E-state index in [1.807, 2.05) is 37.3 Å². The number of ether oxygens (including phenoxy) is 1. The van der Waals surface area contributed by atoms with Gasteiger partial charge in [0.15, 0.2) is 5.54 Å². The number of nitrogens with one attached hydrogen (secondary N) is 3. The summed E-state index contributed by atoms with van der Waals surface area (Å²) in [6.45, 7) is 3.79. The number of nitrogens with zero attached hydrogens (tertiary/aromatic N) is 3. The Morgan fingerprint density at radius 1 is 1.07 bits per heavy atom. The third kappa shape index (κ3) is 4.73. The van der Waals surface area contributed by atoms with Gasteiger partial charge in [-0.1, -0.05) is 30.3 Å². The maximum absolute atomic E-state index is 13.3. The number of carbonyl (C=O) groups excluding carboxylic acids is 4. The third-order valence-corrected chi connectivity index (χ3v) is 7.80. The number of para-hydroxylation sites is 1. The number of morpholine rings is 1. The Morgan fingerprint density at radius 3 is 2.55 bits per heavy atom. The molecule has 4 heterocycles. The smallest absolute Gasteiger partial charge is 0.322 e. The van der Waals surface area contributed by atoms with Crippen LogP contribution in [0.3, 0.4) is 0 Å². The molecule has 3 N–H and O–H groups in total. The number of amides is 6. The van der Waals surface area contributed by atoms with Gasteiger partial charge in [-0.25, -0.2) is 9.59 Å². The Balaban J connectivity index is 1.18. The average Bonchev–Trinajstić information content (AvgIpc) is 3.46. The van der Waals surface area contributed by atoms with Crippen molar-refractivity contribution in [3.63, 3.8) is 0 Å². The van der Waals surface area contributed by atoms with Crippen molar-refractivity contribution in [3.05, 3.63) is 77.0 Å². The Morgan fingerprint density at radius 2 is 1.82 bits per heavy atom. The summed E-state index contributed by atoms with van der Waals surface area (Å²) >= 11 is 0. The molecule has 40 heavy (non-hydrogen) atoms. The third-order valence-electron chi connectivity index (χ3n) is 7.80. The molecule has 3 fully saturated rings. The number of pyridine rings is 1. The van der Waals surface area contributed by atoms with E-state index in [1.165, 1.54) is 4.90 Å². The van der Waals surface area contributed by atoms with Crippen LogP contribution in [0.2, 0.25) is 0 Å². The number of imide groups is 1. The van der Waals surface area contributed by atoms with E-state index in [4.69, 9.17) is 4.74 Å². The molecule has 1 aromatic heterocycles. The predicted molar refractivity (Wildman–Crippen MR) is 146 cm³/mol. The first-order chi connectivity index (χ1) is 19.3. The normalized spacial score (nSPS) is 22.5. The Bertz CT molecular complexity index is 1500. The summed E-state index contributed by atoms with van der Waals surface area (Å²) in [6.07, 6.45) is 0.683. The van der Waals surface area contributed by atoms with Crippen molar-refractivity contribution < 1.29 is 23.9 Å². The highest BCUT2D eigenvalue weighted by Crippen LogP contribution is 2.27. The minimum absolute atomic E-state index is 0.0377. The van der Waals surface area contributed by atoms with Gasteiger partial charge in [-0.3, -0.25) is 19.9 Å². The average molecular weight is 543 g/mol.